The van der Waals surface area contributed by atoms with Crippen LogP contribution < -0.4 is 10.2 Å². The van der Waals surface area contributed by atoms with Gasteiger partial charge in [0.15, 0.2) is 0 Å². The van der Waals surface area contributed by atoms with Gasteiger partial charge >= 0.3 is 0 Å². The van der Waals surface area contributed by atoms with E-state index in [1.54, 1.807) is 16.8 Å². The van der Waals surface area contributed by atoms with Gasteiger partial charge in [0.25, 0.3) is 0 Å². The van der Waals surface area contributed by atoms with E-state index in [2.05, 4.69) is 16.3 Å². The molecule has 41 heavy (non-hydrogen) atoms. The van der Waals surface area contributed by atoms with Crippen LogP contribution in [0.1, 0.15) is 43.7 Å². The van der Waals surface area contributed by atoms with Gasteiger partial charge < -0.3 is 14.8 Å². The Labute approximate surface area is 239 Å². The van der Waals surface area contributed by atoms with Crippen LogP contribution in [0.25, 0.3) is 16.8 Å². The standard InChI is InChI=1S/C30H34F2N6O2S/c31-21-3-8-24(9-4-21)38-18-27(20-1-6-23(7-2-20)37-13-15-41(34,40)16-14-37)28(36-38)25-10-5-22(32)17-26(25)29(39)35-30(19-33)11-12-30/h1-4,6-9,18,22,25-26,41H,5,10-17H2,(H2,34,40)(H,35,39)/t22-,25+,26+/m0/s1. The number of nitrogens with one attached hydrogen (secondary N) is 2. The second-order valence-electron chi connectivity index (χ2n) is 11.6. The molecule has 3 aromatic rings. The molecule has 3 N–H and O–H groups in total. The lowest BCUT2D eigenvalue weighted by Gasteiger charge is -2.36. The van der Waals surface area contributed by atoms with Crippen molar-refractivity contribution in [2.75, 3.05) is 29.5 Å². The molecule has 8 nitrogen and oxygen atoms in total. The van der Waals surface area contributed by atoms with E-state index in [9.17, 15) is 23.4 Å². The molecule has 216 valence electrons. The van der Waals surface area contributed by atoms with E-state index < -0.39 is 27.7 Å². The number of nitriles is 1. The van der Waals surface area contributed by atoms with Crippen LogP contribution >= 0.6 is 0 Å². The number of benzene rings is 2. The predicted octanol–water partition coefficient (Wildman–Crippen LogP) is 5.01. The van der Waals surface area contributed by atoms with Crippen LogP contribution in [0.4, 0.5) is 14.5 Å². The highest BCUT2D eigenvalue weighted by atomic mass is 32.3. The lowest BCUT2D eigenvalue weighted by Crippen LogP contribution is -2.44. The average molecular weight is 581 g/mol. The highest BCUT2D eigenvalue weighted by Crippen LogP contribution is 2.44. The Bertz CT molecular complexity index is 1520. The van der Waals surface area contributed by atoms with E-state index >= 15 is 0 Å². The first-order chi connectivity index (χ1) is 19.7. The molecular weight excluding hydrogens is 546 g/mol. The molecule has 3 fully saturated rings. The molecule has 0 bridgehead atoms. The number of thiol groups is 1. The monoisotopic (exact) mass is 580 g/mol. The summed E-state index contributed by atoms with van der Waals surface area (Å²) in [4.78, 5) is 15.6. The van der Waals surface area contributed by atoms with Gasteiger partial charge in [0, 0.05) is 53.9 Å². The van der Waals surface area contributed by atoms with Gasteiger partial charge in [-0.3, -0.25) is 9.57 Å². The van der Waals surface area contributed by atoms with Crippen molar-refractivity contribution < 1.29 is 18.1 Å². The molecule has 0 radical (unpaired) electrons. The summed E-state index contributed by atoms with van der Waals surface area (Å²) in [5.74, 6) is -0.719. The number of anilines is 1. The summed E-state index contributed by atoms with van der Waals surface area (Å²) >= 11 is 0. The molecule has 0 unspecified atom stereocenters. The number of nitrogens with zero attached hydrogens (tertiary/aromatic N) is 4. The molecule has 2 saturated carbocycles. The van der Waals surface area contributed by atoms with Crippen molar-refractivity contribution in [3.8, 4) is 22.9 Å². The van der Waals surface area contributed by atoms with Crippen LogP contribution in [-0.4, -0.2) is 56.5 Å². The van der Waals surface area contributed by atoms with Crippen molar-refractivity contribution >= 4 is 21.7 Å². The summed E-state index contributed by atoms with van der Waals surface area (Å²) in [7, 11) is -2.54. The number of alkyl halides is 1. The number of aromatic nitrogens is 2. The Balaban J connectivity index is 1.35. The third-order valence-electron chi connectivity index (χ3n) is 8.66. The summed E-state index contributed by atoms with van der Waals surface area (Å²) in [6.07, 6.45) is 2.80. The summed E-state index contributed by atoms with van der Waals surface area (Å²) in [5, 5.41) is 17.3. The number of amides is 1. The fraction of sp³-hybridized carbons (Fsp3) is 0.433. The van der Waals surface area contributed by atoms with Crippen molar-refractivity contribution in [3.05, 3.63) is 66.2 Å². The third kappa shape index (κ3) is 5.76. The van der Waals surface area contributed by atoms with E-state index in [1.165, 1.54) is 12.1 Å². The van der Waals surface area contributed by atoms with Gasteiger partial charge in [-0.2, -0.15) is 10.4 Å². The van der Waals surface area contributed by atoms with Gasteiger partial charge in [0.2, 0.25) is 5.91 Å². The molecule has 6 rings (SSSR count). The summed E-state index contributed by atoms with van der Waals surface area (Å²) in [6.45, 7) is 1.27. The molecule has 1 aromatic heterocycles. The normalized spacial score (nSPS) is 25.6. The van der Waals surface area contributed by atoms with E-state index in [1.807, 2.05) is 30.5 Å². The maximum atomic E-state index is 14.7. The molecule has 11 heteroatoms. The zero-order chi connectivity index (χ0) is 28.8. The minimum Gasteiger partial charge on any atom is -0.370 e. The SMILES string of the molecule is N#CC1(NC(=O)[C@@H]2C[C@@H](F)CC[C@H]2c2nn(-c3ccc(F)cc3)cc2-c2ccc(N3CC[SH](=N)(O)CC3)cc2)CC1. The lowest BCUT2D eigenvalue weighted by atomic mass is 9.74. The van der Waals surface area contributed by atoms with Gasteiger partial charge in [-0.05, 0) is 74.1 Å². The summed E-state index contributed by atoms with van der Waals surface area (Å²) < 4.78 is 48.1. The first-order valence-electron chi connectivity index (χ1n) is 14.1. The Hall–Kier alpha value is -3.62. The number of hydrogen-bond acceptors (Lipinski definition) is 5. The molecule has 1 saturated heterocycles. The van der Waals surface area contributed by atoms with Crippen LogP contribution in [0, 0.1) is 27.8 Å². The minimum absolute atomic E-state index is 0.0692. The maximum Gasteiger partial charge on any atom is 0.225 e. The zero-order valence-electron chi connectivity index (χ0n) is 22.6. The largest absolute Gasteiger partial charge is 0.370 e. The van der Waals surface area contributed by atoms with Gasteiger partial charge in [0.05, 0.1) is 17.5 Å². The van der Waals surface area contributed by atoms with Crippen molar-refractivity contribution in [2.24, 2.45) is 5.92 Å². The van der Waals surface area contributed by atoms with Crippen molar-refractivity contribution in [1.29, 1.82) is 10.0 Å². The van der Waals surface area contributed by atoms with E-state index in [-0.39, 0.29) is 24.1 Å². The molecule has 3 atom stereocenters. The van der Waals surface area contributed by atoms with Crippen LogP contribution in [0.3, 0.4) is 0 Å². The molecule has 1 aliphatic heterocycles. The van der Waals surface area contributed by atoms with Gasteiger partial charge in [0.1, 0.15) is 17.5 Å². The fourth-order valence-corrected chi connectivity index (χ4v) is 7.34. The second kappa shape index (κ2) is 10.7. The number of rotatable bonds is 6. The Morgan fingerprint density at radius 2 is 1.76 bits per heavy atom. The van der Waals surface area contributed by atoms with Crippen molar-refractivity contribution in [2.45, 2.75) is 49.7 Å². The number of hydrogen-bond donors (Lipinski definition) is 4. The lowest BCUT2D eigenvalue weighted by molar-refractivity contribution is -0.128. The zero-order valence-corrected chi connectivity index (χ0v) is 23.5. The van der Waals surface area contributed by atoms with Gasteiger partial charge in [-0.25, -0.2) is 13.5 Å². The number of carbonyl (C=O) groups is 1. The Morgan fingerprint density at radius 3 is 2.39 bits per heavy atom. The Kier molecular flexibility index (Phi) is 7.16. The fourth-order valence-electron chi connectivity index (χ4n) is 5.97. The molecule has 0 spiro atoms. The molecule has 3 aliphatic rings. The molecule has 1 amide bonds. The number of carbonyl (C=O) groups excluding carboxylic acids is 1. The first kappa shape index (κ1) is 27.5. The maximum absolute atomic E-state index is 14.7. The second-order valence-corrected chi connectivity index (χ2v) is 14.3. The van der Waals surface area contributed by atoms with Crippen LogP contribution in [-0.2, 0) is 14.9 Å². The Morgan fingerprint density at radius 1 is 1.10 bits per heavy atom. The van der Waals surface area contributed by atoms with Gasteiger partial charge in [-0.1, -0.05) is 12.1 Å². The summed E-state index contributed by atoms with van der Waals surface area (Å²) in [6, 6.07) is 16.2. The van der Waals surface area contributed by atoms with E-state index in [0.717, 1.165) is 16.8 Å². The minimum atomic E-state index is -2.54. The first-order valence-corrected chi connectivity index (χ1v) is 16.2. The highest BCUT2D eigenvalue weighted by Gasteiger charge is 2.48. The van der Waals surface area contributed by atoms with E-state index in [0.29, 0.717) is 61.7 Å². The van der Waals surface area contributed by atoms with E-state index in [4.69, 9.17) is 9.88 Å². The number of halogens is 2. The van der Waals surface area contributed by atoms with Gasteiger partial charge in [-0.15, -0.1) is 10.1 Å². The quantitative estimate of drug-likeness (QED) is 0.306. The van der Waals surface area contributed by atoms with Crippen molar-refractivity contribution in [3.63, 3.8) is 0 Å². The van der Waals surface area contributed by atoms with Crippen molar-refractivity contribution in [1.82, 2.24) is 15.1 Å². The molecule has 2 aromatic carbocycles. The van der Waals surface area contributed by atoms with Crippen LogP contribution in [0.15, 0.2) is 54.7 Å². The van der Waals surface area contributed by atoms with Crippen LogP contribution in [0.5, 0.6) is 0 Å². The average Bonchev–Trinajstić information content (AvgIpc) is 3.60. The smallest absolute Gasteiger partial charge is 0.225 e. The topological polar surface area (TPSA) is 118 Å². The highest BCUT2D eigenvalue weighted by molar-refractivity contribution is 7.98. The predicted molar refractivity (Wildman–Crippen MR) is 156 cm³/mol. The molecule has 2 aliphatic carbocycles. The third-order valence-corrected chi connectivity index (χ3v) is 10.5. The van der Waals surface area contributed by atoms with Crippen LogP contribution in [0.2, 0.25) is 0 Å². The summed E-state index contributed by atoms with van der Waals surface area (Å²) in [5.41, 5.74) is 3.20. The molecular formula is C30H34F2N6O2S. The molecule has 2 heterocycles.